The minimum absolute atomic E-state index is 0. The molecule has 6 heteroatoms. The summed E-state index contributed by atoms with van der Waals surface area (Å²) >= 11 is 10.9. The fraction of sp³-hybridized carbons (Fsp3) is 0.261. The molecule has 0 radical (unpaired) electrons. The average Bonchev–Trinajstić information content (AvgIpc) is 3.31. The molecule has 0 aliphatic carbocycles. The first-order valence-electron chi connectivity index (χ1n) is 8.21. The van der Waals surface area contributed by atoms with Crippen LogP contribution in [0, 0.1) is 22.3 Å². The van der Waals surface area contributed by atoms with Gasteiger partial charge in [0.25, 0.3) is 0 Å². The van der Waals surface area contributed by atoms with Crippen molar-refractivity contribution in [3.8, 4) is 0 Å². The number of hydrogen-bond donors (Lipinski definition) is 0. The van der Waals surface area contributed by atoms with Crippen LogP contribution in [0.25, 0.3) is 10.6 Å². The van der Waals surface area contributed by atoms with Crippen LogP contribution in [0.4, 0.5) is 0 Å². The smallest absolute Gasteiger partial charge is 0 e. The second kappa shape index (κ2) is 22.4. The molecular weight excluding hydrogens is 626 g/mol. The number of hydrogen-bond acceptors (Lipinski definition) is 0. The van der Waals surface area contributed by atoms with Crippen molar-refractivity contribution in [3.63, 3.8) is 0 Å². The van der Waals surface area contributed by atoms with E-state index in [9.17, 15) is 0 Å². The molecule has 0 saturated carbocycles. The zero-order valence-electron chi connectivity index (χ0n) is 17.3. The van der Waals surface area contributed by atoms with Gasteiger partial charge in [0.1, 0.15) is 0 Å². The van der Waals surface area contributed by atoms with Crippen molar-refractivity contribution in [1.82, 2.24) is 0 Å². The molecule has 0 amide bonds. The van der Waals surface area contributed by atoms with Crippen LogP contribution in [0.1, 0.15) is 19.3 Å². The van der Waals surface area contributed by atoms with Crippen LogP contribution >= 0.6 is 23.2 Å². The summed E-state index contributed by atoms with van der Waals surface area (Å²) in [5, 5.41) is 10.6. The van der Waals surface area contributed by atoms with Gasteiger partial charge < -0.3 is 73.8 Å². The van der Waals surface area contributed by atoms with Crippen molar-refractivity contribution in [1.29, 1.82) is 0 Å². The molecular formula is C23H31Cl2FeN2Pt-11. The van der Waals surface area contributed by atoms with Gasteiger partial charge in [0.2, 0.25) is 0 Å². The number of rotatable bonds is 1. The molecule has 2 heterocycles. The monoisotopic (exact) mass is 656 g/mol. The van der Waals surface area contributed by atoms with Crippen molar-refractivity contribution in [3.05, 3.63) is 115 Å². The molecule has 0 bridgehead atoms. The van der Waals surface area contributed by atoms with Crippen LogP contribution in [0.5, 0.6) is 0 Å². The minimum atomic E-state index is 0. The fourth-order valence-corrected chi connectivity index (χ4v) is 2.68. The minimum Gasteiger partial charge on any atom is -0.747 e. The first-order valence-corrected chi connectivity index (χ1v) is 8.96. The third kappa shape index (κ3) is 16.1. The third-order valence-corrected chi connectivity index (χ3v) is 4.11. The van der Waals surface area contributed by atoms with Gasteiger partial charge in [-0.3, -0.25) is 0 Å². The van der Waals surface area contributed by atoms with Gasteiger partial charge in [-0.25, -0.2) is 6.07 Å². The van der Waals surface area contributed by atoms with Gasteiger partial charge in [-0.15, -0.1) is 36.8 Å². The molecule has 2 nitrogen and oxygen atoms in total. The molecule has 2 aliphatic heterocycles. The van der Waals surface area contributed by atoms with Crippen molar-refractivity contribution in [2.75, 3.05) is 13.1 Å². The van der Waals surface area contributed by atoms with E-state index in [2.05, 4.69) is 28.9 Å². The van der Waals surface area contributed by atoms with E-state index in [0.29, 0.717) is 6.04 Å². The molecule has 1 fully saturated rings. The van der Waals surface area contributed by atoms with Crippen LogP contribution in [0.2, 0.25) is 10.0 Å². The van der Waals surface area contributed by atoms with Gasteiger partial charge >= 0.3 is 0 Å². The first kappa shape index (κ1) is 36.1. The van der Waals surface area contributed by atoms with E-state index in [1.165, 1.54) is 25.0 Å². The van der Waals surface area contributed by atoms with E-state index >= 15 is 0 Å². The van der Waals surface area contributed by atoms with Crippen LogP contribution in [0.15, 0.2) is 72.5 Å². The topological polar surface area (TPSA) is 28.2 Å². The normalized spacial score (nSPS) is 15.8. The molecule has 0 spiro atoms. The van der Waals surface area contributed by atoms with E-state index in [4.69, 9.17) is 23.2 Å². The standard InChI is InChI=1S/C10H14N2.2C5H4Cl.3CH3.Fe.Pt/c1-3-7-11-9(5-1)10-6-2-4-8-12-10;2*6-5-3-1-2-4-5;;;;;/h1,3,5,10H,2,4,6-8H2;2*1-4H;3*1H3;;/q-2;-5;4*-1;;. The van der Waals surface area contributed by atoms with Crippen molar-refractivity contribution in [2.24, 2.45) is 0 Å². The van der Waals surface area contributed by atoms with Crippen molar-refractivity contribution < 1.29 is 38.1 Å². The second-order valence-corrected chi connectivity index (χ2v) is 6.36. The first-order chi connectivity index (χ1) is 11.8. The Morgan fingerprint density at radius 1 is 1.10 bits per heavy atom. The van der Waals surface area contributed by atoms with Gasteiger partial charge in [0.05, 0.1) is 0 Å². The molecule has 0 N–H and O–H groups in total. The molecule has 29 heavy (non-hydrogen) atoms. The molecule has 0 aromatic heterocycles. The Morgan fingerprint density at radius 2 is 1.79 bits per heavy atom. The van der Waals surface area contributed by atoms with Gasteiger partial charge in [0.15, 0.2) is 0 Å². The Kier molecular flexibility index (Phi) is 27.9. The maximum absolute atomic E-state index is 5.46. The van der Waals surface area contributed by atoms with Crippen molar-refractivity contribution >= 4 is 23.2 Å². The number of nitrogens with zero attached hydrogens (tertiary/aromatic N) is 2. The predicted octanol–water partition coefficient (Wildman–Crippen LogP) is 8.20. The van der Waals surface area contributed by atoms with E-state index < -0.39 is 0 Å². The van der Waals surface area contributed by atoms with Crippen molar-refractivity contribution in [2.45, 2.75) is 25.3 Å². The summed E-state index contributed by atoms with van der Waals surface area (Å²) in [5.74, 6) is 0. The van der Waals surface area contributed by atoms with E-state index in [1.807, 2.05) is 48.5 Å². The van der Waals surface area contributed by atoms with Gasteiger partial charge in [-0.1, -0.05) is 36.4 Å². The molecule has 2 aliphatic rings. The molecule has 1 saturated heterocycles. The molecule has 176 valence electrons. The van der Waals surface area contributed by atoms with E-state index in [0.717, 1.165) is 23.1 Å². The fourth-order valence-electron chi connectivity index (χ4n) is 2.39. The summed E-state index contributed by atoms with van der Waals surface area (Å²) in [5.41, 5.74) is 1.19. The molecule has 2 aromatic carbocycles. The maximum Gasteiger partial charge on any atom is 0 e. The number of allylic oxidation sites excluding steroid dienone is 2. The summed E-state index contributed by atoms with van der Waals surface area (Å²) in [7, 11) is 0. The second-order valence-electron chi connectivity index (χ2n) is 5.48. The SMILES string of the molecule is C1=CC[N-]C(C2CCCC[N-]2)=C1.Cl[c-]1[cH-][cH-][cH-][cH-]1.Clc1ccc[cH-]1.[CH3-].[CH3-].[CH3-].[Fe].[Pt]. The zero-order chi connectivity index (χ0) is 17.0. The van der Waals surface area contributed by atoms with Crippen LogP contribution in [-0.2, 0) is 38.1 Å². The summed E-state index contributed by atoms with van der Waals surface area (Å²) in [6.07, 6.45) is 10.0. The zero-order valence-corrected chi connectivity index (χ0v) is 22.2. The quantitative estimate of drug-likeness (QED) is 0.219. The molecule has 1 atom stereocenters. The van der Waals surface area contributed by atoms with Crippen LogP contribution in [0.3, 0.4) is 0 Å². The summed E-state index contributed by atoms with van der Waals surface area (Å²) in [4.78, 5) is 0. The molecule has 4 rings (SSSR count). The third-order valence-electron chi connectivity index (χ3n) is 3.60. The Hall–Kier alpha value is -0.272. The summed E-state index contributed by atoms with van der Waals surface area (Å²) in [6.45, 7) is 1.87. The largest absolute Gasteiger partial charge is 0.747 e. The Labute approximate surface area is 214 Å². The average molecular weight is 657 g/mol. The van der Waals surface area contributed by atoms with Gasteiger partial charge in [-0.05, 0) is 0 Å². The Morgan fingerprint density at radius 3 is 2.14 bits per heavy atom. The van der Waals surface area contributed by atoms with Gasteiger partial charge in [-0.2, -0.15) is 23.9 Å². The number of piperidine rings is 1. The molecule has 1 unspecified atom stereocenters. The van der Waals surface area contributed by atoms with Gasteiger partial charge in [0, 0.05) is 38.1 Å². The Bertz CT molecular complexity index is 573. The van der Waals surface area contributed by atoms with Crippen LogP contribution in [-0.4, -0.2) is 19.1 Å². The van der Waals surface area contributed by atoms with E-state index in [1.54, 1.807) is 0 Å². The number of halogens is 2. The maximum atomic E-state index is 5.46. The van der Waals surface area contributed by atoms with E-state index in [-0.39, 0.29) is 60.4 Å². The predicted molar refractivity (Wildman–Crippen MR) is 125 cm³/mol. The summed E-state index contributed by atoms with van der Waals surface area (Å²) in [6, 6.07) is 15.4. The Balaban J connectivity index is -0.000000161. The van der Waals surface area contributed by atoms with Crippen LogP contribution < -0.4 is 0 Å². The molecule has 2 aromatic rings. The summed E-state index contributed by atoms with van der Waals surface area (Å²) < 4.78 is 0.